The Bertz CT molecular complexity index is 1130. The maximum Gasteiger partial charge on any atom is 0.408 e. The topological polar surface area (TPSA) is 135 Å². The Hall–Kier alpha value is -4.18. The van der Waals surface area contributed by atoms with Crippen LogP contribution < -0.4 is 21.3 Å². The minimum Gasteiger partial charge on any atom is -0.460 e. The zero-order valence-electron chi connectivity index (χ0n) is 24.3. The molecule has 0 radical (unpaired) electrons. The summed E-state index contributed by atoms with van der Waals surface area (Å²) in [5, 5.41) is 11.1. The second-order valence-electron chi connectivity index (χ2n) is 10.4. The van der Waals surface area contributed by atoms with E-state index in [4.69, 9.17) is 9.47 Å². The average molecular weight is 567 g/mol. The van der Waals surface area contributed by atoms with Gasteiger partial charge in [0.15, 0.2) is 0 Å². The molecular formula is C31H42N4O6. The van der Waals surface area contributed by atoms with Crippen molar-refractivity contribution >= 4 is 23.9 Å². The number of alkyl carbamates (subject to hydrolysis) is 1. The summed E-state index contributed by atoms with van der Waals surface area (Å²) in [6.45, 7) is 5.85. The first-order chi connectivity index (χ1) is 19.6. The molecule has 2 rings (SSSR count). The molecule has 2 unspecified atom stereocenters. The first-order valence-corrected chi connectivity index (χ1v) is 13.7. The largest absolute Gasteiger partial charge is 0.460 e. The van der Waals surface area contributed by atoms with E-state index in [1.165, 1.54) is 13.1 Å². The van der Waals surface area contributed by atoms with Crippen molar-refractivity contribution in [2.75, 3.05) is 20.1 Å². The number of hydrogen-bond acceptors (Lipinski definition) is 7. The summed E-state index contributed by atoms with van der Waals surface area (Å²) in [5.41, 5.74) is 1.14. The maximum atomic E-state index is 13.3. The van der Waals surface area contributed by atoms with E-state index < -0.39 is 29.7 Å². The van der Waals surface area contributed by atoms with Crippen LogP contribution in [0.15, 0.2) is 72.8 Å². The number of carbonyl (C=O) groups excluding carboxylic acids is 4. The van der Waals surface area contributed by atoms with Crippen molar-refractivity contribution in [1.29, 1.82) is 0 Å². The predicted octanol–water partition coefficient (Wildman–Crippen LogP) is 3.02. The first kappa shape index (κ1) is 33.0. The van der Waals surface area contributed by atoms with Crippen LogP contribution in [-0.2, 0) is 36.9 Å². The Labute approximate surface area is 242 Å². The van der Waals surface area contributed by atoms with Crippen LogP contribution in [0.2, 0.25) is 0 Å². The molecule has 4 N–H and O–H groups in total. The summed E-state index contributed by atoms with van der Waals surface area (Å²) in [7, 11) is 1.52. The fraction of sp³-hybridized carbons (Fsp3) is 0.419. The van der Waals surface area contributed by atoms with Crippen molar-refractivity contribution in [3.05, 3.63) is 83.9 Å². The van der Waals surface area contributed by atoms with E-state index in [2.05, 4.69) is 21.3 Å². The third-order valence-corrected chi connectivity index (χ3v) is 5.72. The van der Waals surface area contributed by atoms with Crippen molar-refractivity contribution < 1.29 is 28.7 Å². The summed E-state index contributed by atoms with van der Waals surface area (Å²) in [5.74, 6) is -1.10. The SMILES string of the molecule is CNC(=O)C=CC(Cc1ccccc1)NC(=O)C(CCCNCC(=O)OCc1ccccc1)NC(=O)OC(C)(C)C. The summed E-state index contributed by atoms with van der Waals surface area (Å²) in [6, 6.07) is 17.6. The molecule has 222 valence electrons. The lowest BCUT2D eigenvalue weighted by Crippen LogP contribution is -2.51. The highest BCUT2D eigenvalue weighted by atomic mass is 16.6. The molecule has 0 saturated heterocycles. The summed E-state index contributed by atoms with van der Waals surface area (Å²) < 4.78 is 10.6. The lowest BCUT2D eigenvalue weighted by molar-refractivity contribution is -0.143. The van der Waals surface area contributed by atoms with Gasteiger partial charge in [-0.2, -0.15) is 0 Å². The predicted molar refractivity (Wildman–Crippen MR) is 157 cm³/mol. The molecule has 41 heavy (non-hydrogen) atoms. The number of nitrogens with one attached hydrogen (secondary N) is 4. The molecule has 0 aliphatic heterocycles. The molecule has 2 aromatic carbocycles. The molecule has 0 aliphatic carbocycles. The molecule has 2 atom stereocenters. The number of esters is 1. The molecule has 0 saturated carbocycles. The molecule has 0 aliphatic rings. The van der Waals surface area contributed by atoms with Crippen LogP contribution in [0.25, 0.3) is 0 Å². The molecule has 0 aromatic heterocycles. The Kier molecular flexibility index (Phi) is 14.1. The third kappa shape index (κ3) is 14.7. The molecule has 0 heterocycles. The standard InChI is InChI=1S/C31H42N4O6/c1-31(2,3)41-30(39)35-26(16-11-19-33-21-28(37)40-22-24-14-9-6-10-15-24)29(38)34-25(17-18-27(36)32-4)20-23-12-7-5-8-13-23/h5-10,12-15,17-18,25-26,33H,11,16,19-22H2,1-4H3,(H,32,36)(H,34,38)(H,35,39). The van der Waals surface area contributed by atoms with Gasteiger partial charge in [-0.25, -0.2) is 4.79 Å². The fourth-order valence-corrected chi connectivity index (χ4v) is 3.73. The van der Waals surface area contributed by atoms with E-state index in [0.29, 0.717) is 19.4 Å². The van der Waals surface area contributed by atoms with Crippen LogP contribution in [0.4, 0.5) is 4.79 Å². The van der Waals surface area contributed by atoms with Gasteiger partial charge in [0.1, 0.15) is 18.2 Å². The average Bonchev–Trinajstić information content (AvgIpc) is 2.93. The van der Waals surface area contributed by atoms with E-state index in [9.17, 15) is 19.2 Å². The van der Waals surface area contributed by atoms with Crippen molar-refractivity contribution in [1.82, 2.24) is 21.3 Å². The van der Waals surface area contributed by atoms with Crippen molar-refractivity contribution in [3.8, 4) is 0 Å². The highest BCUT2D eigenvalue weighted by Crippen LogP contribution is 2.09. The Morgan fingerprint density at radius 3 is 2.15 bits per heavy atom. The summed E-state index contributed by atoms with van der Waals surface area (Å²) in [4.78, 5) is 49.7. The van der Waals surface area contributed by atoms with Gasteiger partial charge in [-0.1, -0.05) is 66.7 Å². The molecule has 2 aromatic rings. The molecule has 0 bridgehead atoms. The van der Waals surface area contributed by atoms with E-state index in [0.717, 1.165) is 11.1 Å². The van der Waals surface area contributed by atoms with Gasteiger partial charge in [0.05, 0.1) is 12.6 Å². The highest BCUT2D eigenvalue weighted by Gasteiger charge is 2.25. The van der Waals surface area contributed by atoms with Crippen LogP contribution in [0.3, 0.4) is 0 Å². The van der Waals surface area contributed by atoms with Gasteiger partial charge in [0, 0.05) is 13.1 Å². The maximum absolute atomic E-state index is 13.3. The third-order valence-electron chi connectivity index (χ3n) is 5.72. The Balaban J connectivity index is 1.96. The second-order valence-corrected chi connectivity index (χ2v) is 10.4. The lowest BCUT2D eigenvalue weighted by atomic mass is 10.0. The van der Waals surface area contributed by atoms with Crippen molar-refractivity contribution in [3.63, 3.8) is 0 Å². The van der Waals surface area contributed by atoms with Crippen LogP contribution in [0, 0.1) is 0 Å². The Morgan fingerprint density at radius 2 is 1.54 bits per heavy atom. The zero-order chi connectivity index (χ0) is 30.1. The monoisotopic (exact) mass is 566 g/mol. The number of likely N-dealkylation sites (N-methyl/N-ethyl adjacent to an activating group) is 1. The zero-order valence-corrected chi connectivity index (χ0v) is 24.3. The number of carbonyl (C=O) groups is 4. The van der Waals surface area contributed by atoms with Crippen LogP contribution >= 0.6 is 0 Å². The van der Waals surface area contributed by atoms with Crippen LogP contribution in [-0.4, -0.2) is 61.7 Å². The molecule has 0 spiro atoms. The highest BCUT2D eigenvalue weighted by molar-refractivity contribution is 5.88. The lowest BCUT2D eigenvalue weighted by Gasteiger charge is -2.25. The Morgan fingerprint density at radius 1 is 0.902 bits per heavy atom. The van der Waals surface area contributed by atoms with E-state index in [1.807, 2.05) is 60.7 Å². The van der Waals surface area contributed by atoms with Gasteiger partial charge in [0.2, 0.25) is 11.8 Å². The molecule has 3 amide bonds. The van der Waals surface area contributed by atoms with Gasteiger partial charge in [-0.3, -0.25) is 14.4 Å². The molecular weight excluding hydrogens is 524 g/mol. The normalized spacial score (nSPS) is 12.7. The van der Waals surface area contributed by atoms with Gasteiger partial charge < -0.3 is 30.7 Å². The molecule has 10 heteroatoms. The quantitative estimate of drug-likeness (QED) is 0.148. The number of ether oxygens (including phenoxy) is 2. The summed E-state index contributed by atoms with van der Waals surface area (Å²) >= 11 is 0. The molecule has 10 nitrogen and oxygen atoms in total. The van der Waals surface area contributed by atoms with Crippen molar-refractivity contribution in [2.45, 2.75) is 64.3 Å². The number of benzene rings is 2. The minimum absolute atomic E-state index is 0.0205. The number of rotatable bonds is 15. The number of amides is 3. The van der Waals surface area contributed by atoms with Gasteiger partial charge in [-0.05, 0) is 57.7 Å². The van der Waals surface area contributed by atoms with Crippen LogP contribution in [0.1, 0.15) is 44.7 Å². The minimum atomic E-state index is -0.900. The smallest absolute Gasteiger partial charge is 0.408 e. The fourth-order valence-electron chi connectivity index (χ4n) is 3.73. The van der Waals surface area contributed by atoms with E-state index >= 15 is 0 Å². The molecule has 0 fully saturated rings. The van der Waals surface area contributed by atoms with Gasteiger partial charge in [0.25, 0.3) is 0 Å². The van der Waals surface area contributed by atoms with E-state index in [1.54, 1.807) is 26.8 Å². The first-order valence-electron chi connectivity index (χ1n) is 13.7. The van der Waals surface area contributed by atoms with E-state index in [-0.39, 0.29) is 31.4 Å². The number of hydrogen-bond donors (Lipinski definition) is 4. The van der Waals surface area contributed by atoms with Crippen molar-refractivity contribution in [2.24, 2.45) is 0 Å². The summed E-state index contributed by atoms with van der Waals surface area (Å²) in [6.07, 6.45) is 3.50. The van der Waals surface area contributed by atoms with Crippen LogP contribution in [0.5, 0.6) is 0 Å². The second kappa shape index (κ2) is 17.5. The van der Waals surface area contributed by atoms with Gasteiger partial charge >= 0.3 is 12.1 Å². The van der Waals surface area contributed by atoms with Gasteiger partial charge in [-0.15, -0.1) is 0 Å².